The Labute approximate surface area is 80.6 Å². The van der Waals surface area contributed by atoms with Crippen molar-refractivity contribution in [2.75, 3.05) is 0 Å². The van der Waals surface area contributed by atoms with Crippen LogP contribution < -0.4 is 5.73 Å². The third-order valence-electron chi connectivity index (χ3n) is 1.80. The third-order valence-corrected chi connectivity index (χ3v) is 1.80. The molecule has 3 N–H and O–H groups in total. The summed E-state index contributed by atoms with van der Waals surface area (Å²) in [7, 11) is 0. The lowest BCUT2D eigenvalue weighted by Crippen LogP contribution is -1.94. The van der Waals surface area contributed by atoms with Crippen molar-refractivity contribution in [3.8, 4) is 0 Å². The van der Waals surface area contributed by atoms with E-state index in [1.54, 1.807) is 0 Å². The molecule has 0 spiro atoms. The van der Waals surface area contributed by atoms with Crippen molar-refractivity contribution in [2.45, 2.75) is 0 Å². The predicted molar refractivity (Wildman–Crippen MR) is 52.7 cm³/mol. The van der Waals surface area contributed by atoms with Gasteiger partial charge in [0, 0.05) is 18.0 Å². The van der Waals surface area contributed by atoms with Gasteiger partial charge in [0.15, 0.2) is 6.29 Å². The van der Waals surface area contributed by atoms with Crippen LogP contribution in [0.4, 0.5) is 4.39 Å². The lowest BCUT2D eigenvalue weighted by Gasteiger charge is -2.01. The molecule has 0 aromatic heterocycles. The van der Waals surface area contributed by atoms with E-state index in [1.807, 2.05) is 0 Å². The highest BCUT2D eigenvalue weighted by Gasteiger charge is 2.04. The van der Waals surface area contributed by atoms with Crippen molar-refractivity contribution in [2.24, 2.45) is 5.73 Å². The highest BCUT2D eigenvalue weighted by molar-refractivity contribution is 6.08. The number of aldehydes is 1. The first-order valence-electron chi connectivity index (χ1n) is 3.90. The van der Waals surface area contributed by atoms with Crippen LogP contribution in [0.2, 0.25) is 0 Å². The topological polar surface area (TPSA) is 66.9 Å². The molecule has 0 amide bonds. The van der Waals surface area contributed by atoms with E-state index >= 15 is 0 Å². The lowest BCUT2D eigenvalue weighted by molar-refractivity contribution is 0.112. The normalized spacial score (nSPS) is 11.1. The number of carbonyl (C=O) groups is 1. The number of hydrogen-bond acceptors (Lipinski definition) is 3. The Balaban J connectivity index is 3.20. The number of carbonyl (C=O) groups excluding carboxylic acids is 1. The molecule has 3 nitrogen and oxygen atoms in total. The average molecular weight is 192 g/mol. The number of nitrogens with two attached hydrogens (primary N) is 1. The zero-order valence-electron chi connectivity index (χ0n) is 7.33. The molecule has 0 radical (unpaired) electrons. The minimum absolute atomic E-state index is 0.00454. The van der Waals surface area contributed by atoms with Gasteiger partial charge in [-0.2, -0.15) is 0 Å². The Hall–Kier alpha value is -1.97. The largest absolute Gasteiger partial charge is 0.404 e. The molecule has 0 saturated carbocycles. The van der Waals surface area contributed by atoms with E-state index in [4.69, 9.17) is 11.1 Å². The Kier molecular flexibility index (Phi) is 3.12. The minimum Gasteiger partial charge on any atom is -0.404 e. The number of benzene rings is 1. The van der Waals surface area contributed by atoms with Crippen LogP contribution in [-0.2, 0) is 0 Å². The zero-order valence-corrected chi connectivity index (χ0v) is 7.33. The first-order valence-corrected chi connectivity index (χ1v) is 3.90. The van der Waals surface area contributed by atoms with Gasteiger partial charge in [-0.15, -0.1) is 0 Å². The van der Waals surface area contributed by atoms with Crippen LogP contribution in [0.1, 0.15) is 15.9 Å². The van der Waals surface area contributed by atoms with Crippen molar-refractivity contribution in [3.05, 3.63) is 41.3 Å². The molecule has 4 heteroatoms. The van der Waals surface area contributed by atoms with Gasteiger partial charge in [-0.05, 0) is 17.7 Å². The van der Waals surface area contributed by atoms with Crippen LogP contribution >= 0.6 is 0 Å². The number of rotatable bonds is 3. The molecule has 1 rings (SSSR count). The van der Waals surface area contributed by atoms with Gasteiger partial charge in [0.25, 0.3) is 0 Å². The third kappa shape index (κ3) is 1.85. The summed E-state index contributed by atoms with van der Waals surface area (Å²) in [6, 6.07) is 4.06. The van der Waals surface area contributed by atoms with Crippen LogP contribution in [0.15, 0.2) is 24.4 Å². The molecule has 0 aliphatic rings. The highest BCUT2D eigenvalue weighted by Crippen LogP contribution is 2.14. The Bertz CT molecular complexity index is 399. The second-order valence-electron chi connectivity index (χ2n) is 2.62. The second kappa shape index (κ2) is 4.32. The van der Waals surface area contributed by atoms with Crippen molar-refractivity contribution in [1.29, 1.82) is 5.41 Å². The SMILES string of the molecule is N=CC(=CN)c1ccc(C=O)c(F)c1. The molecular weight excluding hydrogens is 183 g/mol. The number of nitrogens with one attached hydrogen (secondary N) is 1. The fourth-order valence-electron chi connectivity index (χ4n) is 1.03. The monoisotopic (exact) mass is 192 g/mol. The summed E-state index contributed by atoms with van der Waals surface area (Å²) < 4.78 is 13.1. The van der Waals surface area contributed by atoms with Crippen LogP contribution in [0.25, 0.3) is 5.57 Å². The molecule has 0 heterocycles. The molecule has 0 fully saturated rings. The Morgan fingerprint density at radius 1 is 1.50 bits per heavy atom. The summed E-state index contributed by atoms with van der Waals surface area (Å²) in [4.78, 5) is 10.3. The zero-order chi connectivity index (χ0) is 10.6. The van der Waals surface area contributed by atoms with Gasteiger partial charge < -0.3 is 11.1 Å². The molecular formula is C10H9FN2O. The lowest BCUT2D eigenvalue weighted by atomic mass is 10.1. The van der Waals surface area contributed by atoms with Gasteiger partial charge in [0.05, 0.1) is 5.56 Å². The fourth-order valence-corrected chi connectivity index (χ4v) is 1.03. The van der Waals surface area contributed by atoms with Crippen molar-refractivity contribution in [1.82, 2.24) is 0 Å². The van der Waals surface area contributed by atoms with Gasteiger partial charge in [-0.25, -0.2) is 4.39 Å². The van der Waals surface area contributed by atoms with E-state index in [0.29, 0.717) is 17.4 Å². The maximum atomic E-state index is 13.1. The van der Waals surface area contributed by atoms with E-state index < -0.39 is 5.82 Å². The molecule has 1 aromatic rings. The van der Waals surface area contributed by atoms with Crippen molar-refractivity contribution in [3.63, 3.8) is 0 Å². The van der Waals surface area contributed by atoms with Gasteiger partial charge in [-0.3, -0.25) is 4.79 Å². The van der Waals surface area contributed by atoms with Crippen LogP contribution in [0.5, 0.6) is 0 Å². The quantitative estimate of drug-likeness (QED) is 0.564. The molecule has 0 unspecified atom stereocenters. The molecule has 0 bridgehead atoms. The molecule has 0 atom stereocenters. The van der Waals surface area contributed by atoms with Crippen LogP contribution in [0, 0.1) is 11.2 Å². The predicted octanol–water partition coefficient (Wildman–Crippen LogP) is 1.59. The molecule has 0 aliphatic carbocycles. The van der Waals surface area contributed by atoms with E-state index in [0.717, 1.165) is 6.21 Å². The maximum Gasteiger partial charge on any atom is 0.152 e. The number of halogens is 1. The van der Waals surface area contributed by atoms with Gasteiger partial charge in [0.2, 0.25) is 0 Å². The average Bonchev–Trinajstić information content (AvgIpc) is 2.20. The Morgan fingerprint density at radius 2 is 2.21 bits per heavy atom. The van der Waals surface area contributed by atoms with Gasteiger partial charge in [-0.1, -0.05) is 6.07 Å². The van der Waals surface area contributed by atoms with Gasteiger partial charge >= 0.3 is 0 Å². The van der Waals surface area contributed by atoms with E-state index in [2.05, 4.69) is 0 Å². The molecule has 14 heavy (non-hydrogen) atoms. The summed E-state index contributed by atoms with van der Waals surface area (Å²) in [5.41, 5.74) is 6.11. The van der Waals surface area contributed by atoms with Gasteiger partial charge in [0.1, 0.15) is 5.82 Å². The first kappa shape index (κ1) is 10.1. The Morgan fingerprint density at radius 3 is 2.64 bits per heavy atom. The van der Waals surface area contributed by atoms with E-state index in [9.17, 15) is 9.18 Å². The van der Waals surface area contributed by atoms with E-state index in [1.165, 1.54) is 24.4 Å². The summed E-state index contributed by atoms with van der Waals surface area (Å²) in [6.07, 6.45) is 2.67. The van der Waals surface area contributed by atoms with Crippen molar-refractivity contribution >= 4 is 18.1 Å². The minimum atomic E-state index is -0.612. The fraction of sp³-hybridized carbons (Fsp3) is 0. The number of allylic oxidation sites excluding steroid dienone is 1. The summed E-state index contributed by atoms with van der Waals surface area (Å²) in [5, 5.41) is 7.00. The summed E-state index contributed by atoms with van der Waals surface area (Å²) in [6.45, 7) is 0. The second-order valence-corrected chi connectivity index (χ2v) is 2.62. The first-order chi connectivity index (χ1) is 6.72. The van der Waals surface area contributed by atoms with Crippen molar-refractivity contribution < 1.29 is 9.18 Å². The van der Waals surface area contributed by atoms with E-state index in [-0.39, 0.29) is 5.56 Å². The smallest absolute Gasteiger partial charge is 0.152 e. The van der Waals surface area contributed by atoms with Crippen LogP contribution in [-0.4, -0.2) is 12.5 Å². The molecule has 0 aliphatic heterocycles. The maximum absolute atomic E-state index is 13.1. The molecule has 1 aromatic carbocycles. The summed E-state index contributed by atoms with van der Waals surface area (Å²) in [5.74, 6) is -0.612. The molecule has 72 valence electrons. The number of hydrogen-bond donors (Lipinski definition) is 2. The summed E-state index contributed by atoms with van der Waals surface area (Å²) >= 11 is 0. The molecule has 0 saturated heterocycles. The highest BCUT2D eigenvalue weighted by atomic mass is 19.1. The van der Waals surface area contributed by atoms with Crippen LogP contribution in [0.3, 0.4) is 0 Å². The standard InChI is InChI=1S/C10H9FN2O/c11-10-3-7(9(4-12)5-13)1-2-8(10)6-14/h1-6,12H,13H2.